The minimum absolute atomic E-state index is 0.0244. The number of carbonyl (C=O) groups is 2. The van der Waals surface area contributed by atoms with E-state index in [0.29, 0.717) is 18.8 Å². The topological polar surface area (TPSA) is 68.5 Å². The maximum atomic E-state index is 12.1. The first kappa shape index (κ1) is 11.9. The Bertz CT molecular complexity index is 443. The number of rotatable bonds is 3. The van der Waals surface area contributed by atoms with Crippen molar-refractivity contribution in [1.82, 2.24) is 4.57 Å². The second-order valence-electron chi connectivity index (χ2n) is 4.28. The lowest BCUT2D eigenvalue weighted by Crippen LogP contribution is -2.23. The third-order valence-corrected chi connectivity index (χ3v) is 3.10. The van der Waals surface area contributed by atoms with Gasteiger partial charge in [0.05, 0.1) is 0 Å². The van der Waals surface area contributed by atoms with E-state index in [1.54, 1.807) is 13.2 Å². The highest BCUT2D eigenvalue weighted by Crippen LogP contribution is 2.21. The van der Waals surface area contributed by atoms with Crippen LogP contribution in [0.3, 0.4) is 0 Å². The second-order valence-corrected chi connectivity index (χ2v) is 4.28. The lowest BCUT2D eigenvalue weighted by atomic mass is 9.92. The van der Waals surface area contributed by atoms with Crippen molar-refractivity contribution in [2.75, 3.05) is 13.2 Å². The highest BCUT2D eigenvalue weighted by molar-refractivity contribution is 6.00. The lowest BCUT2D eigenvalue weighted by molar-refractivity contribution is 0.0545. The maximum Gasteiger partial charge on any atom is 0.352 e. The molecule has 0 unspecified atom stereocenters. The van der Waals surface area contributed by atoms with Crippen LogP contribution in [0.4, 0.5) is 0 Å². The normalized spacial score (nSPS) is 17.0. The molecule has 2 rings (SSSR count). The molecule has 1 aromatic heterocycles. The molecule has 2 heterocycles. The number of carboxylic acids is 1. The summed E-state index contributed by atoms with van der Waals surface area (Å²) in [5.74, 6) is -1.03. The molecule has 0 aliphatic carbocycles. The average Bonchev–Trinajstić information content (AvgIpc) is 2.71. The van der Waals surface area contributed by atoms with Crippen LogP contribution in [0.15, 0.2) is 12.3 Å². The Kier molecular flexibility index (Phi) is 3.28. The van der Waals surface area contributed by atoms with E-state index >= 15 is 0 Å². The molecule has 0 radical (unpaired) electrons. The van der Waals surface area contributed by atoms with Crippen LogP contribution >= 0.6 is 0 Å². The molecule has 1 fully saturated rings. The number of nitrogens with zero attached hydrogens (tertiary/aromatic N) is 1. The first-order valence-corrected chi connectivity index (χ1v) is 5.61. The largest absolute Gasteiger partial charge is 0.477 e. The van der Waals surface area contributed by atoms with E-state index in [2.05, 4.69) is 0 Å². The Hall–Kier alpha value is -1.62. The molecule has 1 aliphatic rings. The fourth-order valence-electron chi connectivity index (χ4n) is 2.11. The Balaban J connectivity index is 2.19. The molecule has 0 saturated carbocycles. The van der Waals surface area contributed by atoms with Crippen molar-refractivity contribution in [3.05, 3.63) is 23.5 Å². The monoisotopic (exact) mass is 237 g/mol. The standard InChI is InChI=1S/C12H15NO4/c1-13-7-9(6-10(13)12(15)16)11(14)8-2-4-17-5-3-8/h6-8H,2-5H2,1H3,(H,15,16). The molecule has 1 saturated heterocycles. The van der Waals surface area contributed by atoms with Crippen molar-refractivity contribution < 1.29 is 19.4 Å². The summed E-state index contributed by atoms with van der Waals surface area (Å²) in [6, 6.07) is 1.44. The van der Waals surface area contributed by atoms with E-state index in [-0.39, 0.29) is 17.4 Å². The summed E-state index contributed by atoms with van der Waals surface area (Å²) < 4.78 is 6.67. The first-order valence-electron chi connectivity index (χ1n) is 5.61. The zero-order chi connectivity index (χ0) is 12.4. The van der Waals surface area contributed by atoms with Crippen molar-refractivity contribution in [3.8, 4) is 0 Å². The summed E-state index contributed by atoms with van der Waals surface area (Å²) in [6.07, 6.45) is 3.02. The van der Waals surface area contributed by atoms with Crippen LogP contribution in [0.2, 0.25) is 0 Å². The molecule has 1 aliphatic heterocycles. The van der Waals surface area contributed by atoms with Crippen molar-refractivity contribution in [1.29, 1.82) is 0 Å². The van der Waals surface area contributed by atoms with E-state index < -0.39 is 5.97 Å². The van der Waals surface area contributed by atoms with Crippen molar-refractivity contribution in [2.24, 2.45) is 13.0 Å². The second kappa shape index (κ2) is 4.71. The summed E-state index contributed by atoms with van der Waals surface area (Å²) in [5.41, 5.74) is 0.622. The molecular formula is C12H15NO4. The summed E-state index contributed by atoms with van der Waals surface area (Å²) >= 11 is 0. The molecule has 5 heteroatoms. The molecule has 0 spiro atoms. The zero-order valence-electron chi connectivity index (χ0n) is 9.68. The smallest absolute Gasteiger partial charge is 0.352 e. The SMILES string of the molecule is Cn1cc(C(=O)C2CCOCC2)cc1C(=O)O. The minimum Gasteiger partial charge on any atom is -0.477 e. The van der Waals surface area contributed by atoms with E-state index in [1.807, 2.05) is 0 Å². The number of ether oxygens (including phenoxy) is 1. The van der Waals surface area contributed by atoms with Gasteiger partial charge in [0.2, 0.25) is 0 Å². The minimum atomic E-state index is -1.02. The van der Waals surface area contributed by atoms with Gasteiger partial charge in [-0.3, -0.25) is 4.79 Å². The van der Waals surface area contributed by atoms with Crippen molar-refractivity contribution >= 4 is 11.8 Å². The summed E-state index contributed by atoms with van der Waals surface area (Å²) in [4.78, 5) is 23.0. The number of aromatic carboxylic acids is 1. The fourth-order valence-corrected chi connectivity index (χ4v) is 2.11. The van der Waals surface area contributed by atoms with Crippen LogP contribution in [0.25, 0.3) is 0 Å². The first-order chi connectivity index (χ1) is 8.09. The predicted octanol–water partition coefficient (Wildman–Crippen LogP) is 1.33. The molecular weight excluding hydrogens is 222 g/mol. The molecule has 92 valence electrons. The summed E-state index contributed by atoms with van der Waals surface area (Å²) in [5, 5.41) is 8.92. The van der Waals surface area contributed by atoms with Gasteiger partial charge in [-0.1, -0.05) is 0 Å². The van der Waals surface area contributed by atoms with Crippen molar-refractivity contribution in [3.63, 3.8) is 0 Å². The van der Waals surface area contributed by atoms with E-state index in [0.717, 1.165) is 12.8 Å². The van der Waals surface area contributed by atoms with Crippen LogP contribution in [0.5, 0.6) is 0 Å². The molecule has 0 bridgehead atoms. The molecule has 0 aromatic carbocycles. The van der Waals surface area contributed by atoms with E-state index in [9.17, 15) is 9.59 Å². The number of carboxylic acid groups (broad SMARTS) is 1. The quantitative estimate of drug-likeness (QED) is 0.805. The van der Waals surface area contributed by atoms with Gasteiger partial charge in [-0.2, -0.15) is 0 Å². The van der Waals surface area contributed by atoms with Crippen LogP contribution in [-0.2, 0) is 11.8 Å². The van der Waals surface area contributed by atoms with Gasteiger partial charge in [0.15, 0.2) is 5.78 Å². The Morgan fingerprint density at radius 1 is 1.41 bits per heavy atom. The number of carbonyl (C=O) groups excluding carboxylic acids is 1. The van der Waals surface area contributed by atoms with Crippen LogP contribution in [0, 0.1) is 5.92 Å². The Morgan fingerprint density at radius 3 is 2.59 bits per heavy atom. The van der Waals surface area contributed by atoms with Gasteiger partial charge >= 0.3 is 5.97 Å². The highest BCUT2D eigenvalue weighted by Gasteiger charge is 2.24. The Labute approximate surface area is 99.0 Å². The molecule has 1 aromatic rings. The number of aromatic nitrogens is 1. The van der Waals surface area contributed by atoms with Crippen LogP contribution < -0.4 is 0 Å². The third kappa shape index (κ3) is 2.39. The molecule has 5 nitrogen and oxygen atoms in total. The van der Waals surface area contributed by atoms with Gasteiger partial charge < -0.3 is 14.4 Å². The average molecular weight is 237 g/mol. The number of hydrogen-bond donors (Lipinski definition) is 1. The van der Waals surface area contributed by atoms with Crippen LogP contribution in [0.1, 0.15) is 33.7 Å². The summed E-state index contributed by atoms with van der Waals surface area (Å²) in [7, 11) is 1.63. The predicted molar refractivity (Wildman–Crippen MR) is 60.2 cm³/mol. The number of aryl methyl sites for hydroxylation is 1. The van der Waals surface area contributed by atoms with Gasteiger partial charge in [0, 0.05) is 37.9 Å². The third-order valence-electron chi connectivity index (χ3n) is 3.10. The van der Waals surface area contributed by atoms with Crippen LogP contribution in [-0.4, -0.2) is 34.6 Å². The van der Waals surface area contributed by atoms with Gasteiger partial charge in [-0.05, 0) is 18.9 Å². The van der Waals surface area contributed by atoms with E-state index in [4.69, 9.17) is 9.84 Å². The number of ketones is 1. The zero-order valence-corrected chi connectivity index (χ0v) is 9.68. The lowest BCUT2D eigenvalue weighted by Gasteiger charge is -2.20. The maximum absolute atomic E-state index is 12.1. The molecule has 0 amide bonds. The highest BCUT2D eigenvalue weighted by atomic mass is 16.5. The summed E-state index contributed by atoms with van der Waals surface area (Å²) in [6.45, 7) is 1.21. The van der Waals surface area contributed by atoms with Gasteiger partial charge in [0.25, 0.3) is 0 Å². The van der Waals surface area contributed by atoms with Gasteiger partial charge in [0.1, 0.15) is 5.69 Å². The van der Waals surface area contributed by atoms with Gasteiger partial charge in [-0.15, -0.1) is 0 Å². The fraction of sp³-hybridized carbons (Fsp3) is 0.500. The van der Waals surface area contributed by atoms with Gasteiger partial charge in [-0.25, -0.2) is 4.79 Å². The molecule has 0 atom stereocenters. The number of hydrogen-bond acceptors (Lipinski definition) is 3. The number of Topliss-reactive ketones (excluding diaryl/α,β-unsaturated/α-hetero) is 1. The molecule has 17 heavy (non-hydrogen) atoms. The van der Waals surface area contributed by atoms with E-state index in [1.165, 1.54) is 10.6 Å². The van der Waals surface area contributed by atoms with Crippen molar-refractivity contribution in [2.45, 2.75) is 12.8 Å². The molecule has 1 N–H and O–H groups in total. The Morgan fingerprint density at radius 2 is 2.06 bits per heavy atom.